The third-order valence-corrected chi connectivity index (χ3v) is 5.43. The number of hydrogen-bond donors (Lipinski definition) is 2. The Morgan fingerprint density at radius 1 is 0.963 bits per heavy atom. The molecule has 0 spiro atoms. The molecule has 2 aromatic rings. The van der Waals surface area contributed by atoms with E-state index in [1.165, 1.54) is 11.1 Å². The second-order valence-corrected chi connectivity index (χ2v) is 7.20. The van der Waals surface area contributed by atoms with Gasteiger partial charge in [-0.1, -0.05) is 60.7 Å². The number of hydrogen-bond acceptors (Lipinski definition) is 2. The van der Waals surface area contributed by atoms with Gasteiger partial charge in [-0.15, -0.1) is 0 Å². The van der Waals surface area contributed by atoms with Gasteiger partial charge in [0.05, 0.1) is 0 Å². The molecular formula is C23H31N3O. The van der Waals surface area contributed by atoms with Crippen molar-refractivity contribution in [2.75, 3.05) is 33.4 Å². The molecule has 1 aliphatic heterocycles. The number of aliphatic imine (C=N–C) groups is 1. The predicted molar refractivity (Wildman–Crippen MR) is 112 cm³/mol. The van der Waals surface area contributed by atoms with E-state index >= 15 is 0 Å². The average Bonchev–Trinajstić information content (AvgIpc) is 2.75. The Bertz CT molecular complexity index is 694. The zero-order chi connectivity index (χ0) is 18.8. The van der Waals surface area contributed by atoms with Crippen molar-refractivity contribution in [2.24, 2.45) is 4.99 Å². The van der Waals surface area contributed by atoms with E-state index in [4.69, 9.17) is 4.74 Å². The third kappa shape index (κ3) is 5.57. The summed E-state index contributed by atoms with van der Waals surface area (Å²) in [4.78, 5) is 4.40. The standard InChI is InChI=1S/C23H31N3O/c1-24-22(25-16-8-11-20-9-4-2-5-10-20)26-19-23(14-17-27-18-15-23)21-12-6-3-7-13-21/h2-7,9-10,12-13H,8,11,14-19H2,1H3,(H2,24,25,26). The summed E-state index contributed by atoms with van der Waals surface area (Å²) in [6.45, 7) is 3.42. The zero-order valence-corrected chi connectivity index (χ0v) is 16.3. The van der Waals surface area contributed by atoms with Gasteiger partial charge in [-0.3, -0.25) is 4.99 Å². The summed E-state index contributed by atoms with van der Waals surface area (Å²) in [6, 6.07) is 21.4. The Balaban J connectivity index is 1.51. The molecule has 0 saturated carbocycles. The fourth-order valence-electron chi connectivity index (χ4n) is 3.74. The Labute approximate surface area is 163 Å². The van der Waals surface area contributed by atoms with Gasteiger partial charge in [0.1, 0.15) is 0 Å². The highest BCUT2D eigenvalue weighted by Crippen LogP contribution is 2.34. The predicted octanol–water partition coefficient (Wildman–Crippen LogP) is 3.53. The largest absolute Gasteiger partial charge is 0.381 e. The summed E-state index contributed by atoms with van der Waals surface area (Å²) < 4.78 is 5.63. The van der Waals surface area contributed by atoms with E-state index in [1.54, 1.807) is 0 Å². The van der Waals surface area contributed by atoms with Crippen LogP contribution in [-0.4, -0.2) is 39.3 Å². The summed E-state index contributed by atoms with van der Waals surface area (Å²) >= 11 is 0. The van der Waals surface area contributed by atoms with Gasteiger partial charge in [0, 0.05) is 38.8 Å². The van der Waals surface area contributed by atoms with Crippen LogP contribution in [0.4, 0.5) is 0 Å². The van der Waals surface area contributed by atoms with E-state index in [0.29, 0.717) is 0 Å². The first-order chi connectivity index (χ1) is 13.3. The van der Waals surface area contributed by atoms with Crippen LogP contribution in [0.2, 0.25) is 0 Å². The van der Waals surface area contributed by atoms with Crippen molar-refractivity contribution in [3.05, 3.63) is 71.8 Å². The molecule has 0 unspecified atom stereocenters. The van der Waals surface area contributed by atoms with Crippen LogP contribution in [0.3, 0.4) is 0 Å². The number of guanidine groups is 1. The van der Waals surface area contributed by atoms with Gasteiger partial charge in [-0.25, -0.2) is 0 Å². The molecule has 1 fully saturated rings. The first kappa shape index (κ1) is 19.4. The van der Waals surface area contributed by atoms with Crippen molar-refractivity contribution in [3.63, 3.8) is 0 Å². The fraction of sp³-hybridized carbons (Fsp3) is 0.435. The quantitative estimate of drug-likeness (QED) is 0.448. The molecule has 4 heteroatoms. The van der Waals surface area contributed by atoms with Crippen LogP contribution in [0, 0.1) is 0 Å². The molecular weight excluding hydrogens is 334 g/mol. The van der Waals surface area contributed by atoms with Crippen LogP contribution in [0.25, 0.3) is 0 Å². The maximum atomic E-state index is 5.63. The number of aryl methyl sites for hydroxylation is 1. The first-order valence-corrected chi connectivity index (χ1v) is 9.94. The highest BCUT2D eigenvalue weighted by atomic mass is 16.5. The molecule has 4 nitrogen and oxygen atoms in total. The molecule has 144 valence electrons. The van der Waals surface area contributed by atoms with Crippen LogP contribution >= 0.6 is 0 Å². The Hall–Kier alpha value is -2.33. The van der Waals surface area contributed by atoms with Gasteiger partial charge in [0.2, 0.25) is 0 Å². The van der Waals surface area contributed by atoms with Crippen LogP contribution < -0.4 is 10.6 Å². The summed E-state index contributed by atoms with van der Waals surface area (Å²) in [5.41, 5.74) is 2.88. The van der Waals surface area contributed by atoms with Crippen molar-refractivity contribution in [3.8, 4) is 0 Å². The molecule has 1 heterocycles. The molecule has 2 N–H and O–H groups in total. The van der Waals surface area contributed by atoms with E-state index in [2.05, 4.69) is 76.3 Å². The molecule has 0 radical (unpaired) electrons. The van der Waals surface area contributed by atoms with Gasteiger partial charge in [-0.05, 0) is 36.8 Å². The highest BCUT2D eigenvalue weighted by Gasteiger charge is 2.34. The summed E-state index contributed by atoms with van der Waals surface area (Å²) in [5.74, 6) is 0.879. The van der Waals surface area contributed by atoms with Crippen LogP contribution in [0.1, 0.15) is 30.4 Å². The monoisotopic (exact) mass is 365 g/mol. The Morgan fingerprint density at radius 3 is 2.30 bits per heavy atom. The molecule has 0 aliphatic carbocycles. The van der Waals surface area contributed by atoms with Crippen LogP contribution in [0.15, 0.2) is 65.7 Å². The van der Waals surface area contributed by atoms with E-state index in [1.807, 2.05) is 7.05 Å². The van der Waals surface area contributed by atoms with Gasteiger partial charge >= 0.3 is 0 Å². The molecule has 0 amide bonds. The highest BCUT2D eigenvalue weighted by molar-refractivity contribution is 5.79. The molecule has 3 rings (SSSR count). The van der Waals surface area contributed by atoms with E-state index in [0.717, 1.165) is 57.9 Å². The van der Waals surface area contributed by atoms with Gasteiger partial charge in [0.25, 0.3) is 0 Å². The van der Waals surface area contributed by atoms with Crippen molar-refractivity contribution >= 4 is 5.96 Å². The summed E-state index contributed by atoms with van der Waals surface area (Å²) in [5, 5.41) is 7.02. The van der Waals surface area contributed by atoms with Gasteiger partial charge < -0.3 is 15.4 Å². The number of benzene rings is 2. The second-order valence-electron chi connectivity index (χ2n) is 7.20. The van der Waals surface area contributed by atoms with Crippen LogP contribution in [0.5, 0.6) is 0 Å². The molecule has 27 heavy (non-hydrogen) atoms. The third-order valence-electron chi connectivity index (χ3n) is 5.43. The van der Waals surface area contributed by atoms with E-state index < -0.39 is 0 Å². The lowest BCUT2D eigenvalue weighted by molar-refractivity contribution is 0.0514. The molecule has 2 aromatic carbocycles. The smallest absolute Gasteiger partial charge is 0.191 e. The maximum Gasteiger partial charge on any atom is 0.191 e. The molecule has 1 aliphatic rings. The number of ether oxygens (including phenoxy) is 1. The minimum atomic E-state index is 0.112. The molecule has 1 saturated heterocycles. The van der Waals surface area contributed by atoms with Gasteiger partial charge in [-0.2, -0.15) is 0 Å². The topological polar surface area (TPSA) is 45.7 Å². The van der Waals surface area contributed by atoms with E-state index in [-0.39, 0.29) is 5.41 Å². The van der Waals surface area contributed by atoms with Crippen LogP contribution in [-0.2, 0) is 16.6 Å². The normalized spacial score (nSPS) is 16.7. The lowest BCUT2D eigenvalue weighted by atomic mass is 9.74. The minimum Gasteiger partial charge on any atom is -0.381 e. The summed E-state index contributed by atoms with van der Waals surface area (Å²) in [6.07, 6.45) is 4.24. The lowest BCUT2D eigenvalue weighted by Crippen LogP contribution is -2.48. The van der Waals surface area contributed by atoms with Crippen molar-refractivity contribution in [1.29, 1.82) is 0 Å². The average molecular weight is 366 g/mol. The van der Waals surface area contributed by atoms with E-state index in [9.17, 15) is 0 Å². The van der Waals surface area contributed by atoms with Crippen molar-refractivity contribution in [2.45, 2.75) is 31.1 Å². The number of nitrogens with zero attached hydrogens (tertiary/aromatic N) is 1. The SMILES string of the molecule is CN=C(NCCCc1ccccc1)NCC1(c2ccccc2)CCOCC1. The number of rotatable bonds is 7. The minimum absolute atomic E-state index is 0.112. The van der Waals surface area contributed by atoms with Gasteiger partial charge in [0.15, 0.2) is 5.96 Å². The zero-order valence-electron chi connectivity index (χ0n) is 16.3. The second kappa shape index (κ2) is 10.1. The summed E-state index contributed by atoms with van der Waals surface area (Å²) in [7, 11) is 1.84. The lowest BCUT2D eigenvalue weighted by Gasteiger charge is -2.38. The molecule has 0 aromatic heterocycles. The molecule has 0 bridgehead atoms. The van der Waals surface area contributed by atoms with Crippen molar-refractivity contribution < 1.29 is 4.74 Å². The molecule has 0 atom stereocenters. The number of nitrogens with one attached hydrogen (secondary N) is 2. The first-order valence-electron chi connectivity index (χ1n) is 9.94. The fourth-order valence-corrected chi connectivity index (χ4v) is 3.74. The Kier molecular flexibility index (Phi) is 7.28. The Morgan fingerprint density at radius 2 is 1.63 bits per heavy atom. The van der Waals surface area contributed by atoms with Crippen molar-refractivity contribution in [1.82, 2.24) is 10.6 Å². The maximum absolute atomic E-state index is 5.63.